The third-order valence-corrected chi connectivity index (χ3v) is 6.13. The Morgan fingerprint density at radius 3 is 2.72 bits per heavy atom. The number of ether oxygens (including phenoxy) is 1. The molecule has 1 aromatic carbocycles. The molecule has 2 amide bonds. The maximum atomic E-state index is 14.4. The summed E-state index contributed by atoms with van der Waals surface area (Å²) in [5.41, 5.74) is -3.87. The van der Waals surface area contributed by atoms with Crippen molar-refractivity contribution in [3.63, 3.8) is 0 Å². The molecule has 32 heavy (non-hydrogen) atoms. The number of nitrogens with one attached hydrogen (secondary N) is 3. The summed E-state index contributed by atoms with van der Waals surface area (Å²) in [6.45, 7) is 0.745. The van der Waals surface area contributed by atoms with Crippen LogP contribution in [0, 0.1) is 0 Å². The van der Waals surface area contributed by atoms with Crippen molar-refractivity contribution in [1.82, 2.24) is 19.9 Å². The molecule has 0 bridgehead atoms. The van der Waals surface area contributed by atoms with Gasteiger partial charge < -0.3 is 15.4 Å². The van der Waals surface area contributed by atoms with E-state index in [1.807, 2.05) is 5.32 Å². The van der Waals surface area contributed by atoms with E-state index in [2.05, 4.69) is 20.6 Å². The number of halogens is 5. The minimum absolute atomic E-state index is 0.0464. The summed E-state index contributed by atoms with van der Waals surface area (Å²) in [6, 6.07) is 2.40. The largest absolute Gasteiger partial charge is 0.440 e. The van der Waals surface area contributed by atoms with Crippen molar-refractivity contribution in [2.45, 2.75) is 11.8 Å². The Balaban J connectivity index is 1.76. The predicted molar refractivity (Wildman–Crippen MR) is 112 cm³/mol. The molecule has 170 valence electrons. The number of amides is 2. The highest BCUT2D eigenvalue weighted by molar-refractivity contribution is 7.13. The number of carbonyl (C=O) groups is 2. The van der Waals surface area contributed by atoms with Crippen molar-refractivity contribution in [3.05, 3.63) is 33.3 Å². The maximum absolute atomic E-state index is 14.4. The van der Waals surface area contributed by atoms with E-state index in [4.69, 9.17) is 27.9 Å². The first kappa shape index (κ1) is 22.6. The average Bonchev–Trinajstić information content (AvgIpc) is 3.37. The van der Waals surface area contributed by atoms with Crippen LogP contribution in [0.25, 0.3) is 11.0 Å². The van der Waals surface area contributed by atoms with Gasteiger partial charge in [-0.15, -0.1) is 11.3 Å². The topological polar surface area (TPSA) is 110 Å². The van der Waals surface area contributed by atoms with Gasteiger partial charge in [-0.2, -0.15) is 13.2 Å². The van der Waals surface area contributed by atoms with Crippen LogP contribution in [-0.2, 0) is 15.2 Å². The summed E-state index contributed by atoms with van der Waals surface area (Å²) in [6.07, 6.45) is -5.24. The number of carbonyl (C=O) groups excluding carboxylic acids is 2. The number of hydrogen-bond acceptors (Lipinski definition) is 7. The number of fused-ring (bicyclic) bond motifs is 3. The van der Waals surface area contributed by atoms with Gasteiger partial charge in [-0.3, -0.25) is 19.5 Å². The molecule has 1 aliphatic rings. The fourth-order valence-corrected chi connectivity index (χ4v) is 4.21. The lowest BCUT2D eigenvalue weighted by Crippen LogP contribution is -2.63. The van der Waals surface area contributed by atoms with Crippen LogP contribution in [0.2, 0.25) is 10.0 Å². The molecule has 1 atom stereocenters. The predicted octanol–water partition coefficient (Wildman–Crippen LogP) is 3.46. The van der Waals surface area contributed by atoms with E-state index in [-0.39, 0.29) is 26.8 Å². The number of alkyl halides is 3. The highest BCUT2D eigenvalue weighted by Crippen LogP contribution is 2.45. The SMILES string of the molecule is COCCNc1nc(C(=O)NC2(C(F)(F)F)C(=O)Nc3nc4cc(Cl)c(Cl)cc4n32)cs1. The Hall–Kier alpha value is -2.61. The number of nitrogens with zero attached hydrogens (tertiary/aromatic N) is 3. The van der Waals surface area contributed by atoms with Crippen molar-refractivity contribution < 1.29 is 27.5 Å². The molecular weight excluding hydrogens is 496 g/mol. The highest BCUT2D eigenvalue weighted by Gasteiger charge is 2.67. The molecule has 3 N–H and O–H groups in total. The van der Waals surface area contributed by atoms with Gasteiger partial charge >= 0.3 is 6.18 Å². The van der Waals surface area contributed by atoms with Crippen LogP contribution >= 0.6 is 34.5 Å². The van der Waals surface area contributed by atoms with Crippen LogP contribution in [0.15, 0.2) is 17.5 Å². The molecule has 1 unspecified atom stereocenters. The van der Waals surface area contributed by atoms with Gasteiger partial charge in [-0.25, -0.2) is 9.97 Å². The van der Waals surface area contributed by atoms with Crippen molar-refractivity contribution >= 4 is 68.5 Å². The van der Waals surface area contributed by atoms with Crippen LogP contribution in [0.3, 0.4) is 0 Å². The molecule has 9 nitrogen and oxygen atoms in total. The van der Waals surface area contributed by atoms with E-state index < -0.39 is 29.6 Å². The molecule has 1 aliphatic heterocycles. The Morgan fingerprint density at radius 1 is 1.31 bits per heavy atom. The second-order valence-electron chi connectivity index (χ2n) is 6.60. The first-order valence-corrected chi connectivity index (χ1v) is 10.5. The first-order chi connectivity index (χ1) is 15.1. The van der Waals surface area contributed by atoms with Crippen molar-refractivity contribution in [3.8, 4) is 0 Å². The van der Waals surface area contributed by atoms with Crippen molar-refractivity contribution in [2.24, 2.45) is 0 Å². The van der Waals surface area contributed by atoms with Crippen molar-refractivity contribution in [2.75, 3.05) is 30.9 Å². The molecular formula is C17H13Cl2F3N6O3S. The molecule has 0 radical (unpaired) electrons. The van der Waals surface area contributed by atoms with E-state index >= 15 is 0 Å². The van der Waals surface area contributed by atoms with Crippen LogP contribution in [0.5, 0.6) is 0 Å². The quantitative estimate of drug-likeness (QED) is 0.440. The maximum Gasteiger partial charge on any atom is 0.440 e. The minimum Gasteiger partial charge on any atom is -0.383 e. The third-order valence-electron chi connectivity index (χ3n) is 4.61. The fraction of sp³-hybridized carbons (Fsp3) is 0.294. The average molecular weight is 509 g/mol. The first-order valence-electron chi connectivity index (χ1n) is 8.85. The fourth-order valence-electron chi connectivity index (χ4n) is 3.18. The molecule has 0 saturated heterocycles. The zero-order valence-corrected chi connectivity index (χ0v) is 18.3. The van der Waals surface area contributed by atoms with E-state index in [0.717, 1.165) is 17.4 Å². The summed E-state index contributed by atoms with van der Waals surface area (Å²) in [5, 5.41) is 8.34. The summed E-state index contributed by atoms with van der Waals surface area (Å²) in [4.78, 5) is 33.3. The molecule has 2 aromatic heterocycles. The number of rotatable bonds is 6. The van der Waals surface area contributed by atoms with Crippen LogP contribution in [-0.4, -0.2) is 52.8 Å². The van der Waals surface area contributed by atoms with Crippen molar-refractivity contribution in [1.29, 1.82) is 0 Å². The molecule has 3 aromatic rings. The molecule has 0 fully saturated rings. The Bertz CT molecular complexity index is 1230. The molecule has 0 spiro atoms. The van der Waals surface area contributed by atoms with E-state index in [1.165, 1.54) is 18.6 Å². The summed E-state index contributed by atoms with van der Waals surface area (Å²) >= 11 is 12.9. The van der Waals surface area contributed by atoms with Gasteiger partial charge in [0.15, 0.2) is 5.13 Å². The third kappa shape index (κ3) is 3.54. The van der Waals surface area contributed by atoms with Gasteiger partial charge in [0.2, 0.25) is 5.95 Å². The van der Waals surface area contributed by atoms with Crippen LogP contribution < -0.4 is 16.0 Å². The van der Waals surface area contributed by atoms with Gasteiger partial charge in [0.05, 0.1) is 27.7 Å². The zero-order valence-electron chi connectivity index (χ0n) is 16.0. The second kappa shape index (κ2) is 8.06. The smallest absolute Gasteiger partial charge is 0.383 e. The standard InChI is InChI=1S/C17H13Cl2F3N6O3S/c1-31-3-2-23-15-25-10(6-32-15)12(29)27-16(17(20,21)22)13(30)26-14-24-9-4-7(18)8(19)5-11(9)28(14)16/h4-6H,2-3H2,1H3,(H,23,25)(H,27,29)(H,24,26,30). The molecule has 0 aliphatic carbocycles. The second-order valence-corrected chi connectivity index (χ2v) is 8.27. The van der Waals surface area contributed by atoms with Gasteiger partial charge in [0.1, 0.15) is 5.69 Å². The highest BCUT2D eigenvalue weighted by atomic mass is 35.5. The number of benzene rings is 1. The van der Waals surface area contributed by atoms with Gasteiger partial charge in [-0.1, -0.05) is 23.2 Å². The van der Waals surface area contributed by atoms with Gasteiger partial charge in [0.25, 0.3) is 17.5 Å². The summed E-state index contributed by atoms with van der Waals surface area (Å²) in [7, 11) is 1.50. The van der Waals surface area contributed by atoms with Crippen LogP contribution in [0.4, 0.5) is 24.3 Å². The lowest BCUT2D eigenvalue weighted by atomic mass is 10.1. The lowest BCUT2D eigenvalue weighted by Gasteiger charge is -2.31. The number of hydrogen-bond donors (Lipinski definition) is 3. The number of aromatic nitrogens is 3. The lowest BCUT2D eigenvalue weighted by molar-refractivity contribution is -0.213. The Morgan fingerprint density at radius 2 is 2.03 bits per heavy atom. The molecule has 3 heterocycles. The Kier molecular flexibility index (Phi) is 5.69. The van der Waals surface area contributed by atoms with E-state index in [1.54, 1.807) is 0 Å². The Labute approximate surface area is 191 Å². The minimum atomic E-state index is -5.24. The number of thiazole rings is 1. The molecule has 15 heteroatoms. The van der Waals surface area contributed by atoms with Gasteiger partial charge in [0, 0.05) is 19.0 Å². The normalized spacial score (nSPS) is 18.0. The molecule has 4 rings (SSSR count). The van der Waals surface area contributed by atoms with E-state index in [9.17, 15) is 22.8 Å². The zero-order chi connectivity index (χ0) is 23.3. The van der Waals surface area contributed by atoms with Crippen LogP contribution in [0.1, 0.15) is 10.5 Å². The number of anilines is 2. The van der Waals surface area contributed by atoms with Gasteiger partial charge in [-0.05, 0) is 12.1 Å². The summed E-state index contributed by atoms with van der Waals surface area (Å²) in [5.74, 6) is -3.15. The van der Waals surface area contributed by atoms with E-state index in [0.29, 0.717) is 22.9 Å². The number of imidazole rings is 1. The number of methoxy groups -OCH3 is 1. The summed E-state index contributed by atoms with van der Waals surface area (Å²) < 4.78 is 48.6. The monoisotopic (exact) mass is 508 g/mol. The molecule has 0 saturated carbocycles.